The average molecular weight is 264 g/mol. The Morgan fingerprint density at radius 3 is 2.35 bits per heavy atom. The van der Waals surface area contributed by atoms with Crippen molar-refractivity contribution < 1.29 is 5.11 Å². The molecule has 0 aromatic heterocycles. The summed E-state index contributed by atoms with van der Waals surface area (Å²) in [7, 11) is 0. The monoisotopic (exact) mass is 264 g/mol. The Morgan fingerprint density at radius 2 is 1.60 bits per heavy atom. The third-order valence-electron chi connectivity index (χ3n) is 5.53. The molecular formula is C19H20O. The molecule has 20 heavy (non-hydrogen) atoms. The van der Waals surface area contributed by atoms with Gasteiger partial charge in [-0.25, -0.2) is 0 Å². The second kappa shape index (κ2) is 3.73. The molecule has 2 aromatic carbocycles. The molecule has 1 nitrogen and oxygen atoms in total. The van der Waals surface area contributed by atoms with Gasteiger partial charge >= 0.3 is 0 Å². The van der Waals surface area contributed by atoms with Crippen molar-refractivity contribution in [2.75, 3.05) is 0 Å². The van der Waals surface area contributed by atoms with Crippen LogP contribution in [0.2, 0.25) is 0 Å². The second-order valence-electron chi connectivity index (χ2n) is 6.79. The maximum atomic E-state index is 11.6. The summed E-state index contributed by atoms with van der Waals surface area (Å²) in [5, 5.41) is 11.6. The molecule has 1 fully saturated rings. The summed E-state index contributed by atoms with van der Waals surface area (Å²) in [6.07, 6.45) is 1.10. The van der Waals surface area contributed by atoms with Gasteiger partial charge in [-0.15, -0.1) is 0 Å². The highest BCUT2D eigenvalue weighted by atomic mass is 16.3. The molecule has 0 bridgehead atoms. The van der Waals surface area contributed by atoms with E-state index >= 15 is 0 Å². The van der Waals surface area contributed by atoms with Crippen molar-refractivity contribution in [1.29, 1.82) is 0 Å². The standard InChI is InChI=1S/C19H20O/c1-18(2)16-11-7-6-10-14(16)15-12-17(15)19(18,20)13-8-4-3-5-9-13/h3-11,15,17,20H,12H2,1-2H3. The van der Waals surface area contributed by atoms with Crippen molar-refractivity contribution in [3.05, 3.63) is 71.3 Å². The quantitative estimate of drug-likeness (QED) is 0.826. The molecule has 0 spiro atoms. The van der Waals surface area contributed by atoms with E-state index in [4.69, 9.17) is 0 Å². The Balaban J connectivity index is 1.96. The first-order valence-electron chi connectivity index (χ1n) is 7.44. The largest absolute Gasteiger partial charge is 0.384 e. The van der Waals surface area contributed by atoms with Crippen molar-refractivity contribution in [2.24, 2.45) is 5.92 Å². The van der Waals surface area contributed by atoms with E-state index in [2.05, 4.69) is 50.2 Å². The molecule has 1 heteroatoms. The molecule has 1 N–H and O–H groups in total. The third kappa shape index (κ3) is 1.31. The molecule has 3 atom stereocenters. The van der Waals surface area contributed by atoms with E-state index < -0.39 is 5.60 Å². The van der Waals surface area contributed by atoms with Crippen LogP contribution in [-0.4, -0.2) is 5.11 Å². The zero-order valence-electron chi connectivity index (χ0n) is 12.0. The summed E-state index contributed by atoms with van der Waals surface area (Å²) in [5.41, 5.74) is 2.80. The van der Waals surface area contributed by atoms with Gasteiger partial charge in [-0.1, -0.05) is 68.4 Å². The van der Waals surface area contributed by atoms with Gasteiger partial charge in [0.1, 0.15) is 5.60 Å². The minimum atomic E-state index is -0.757. The van der Waals surface area contributed by atoms with Crippen LogP contribution in [0.4, 0.5) is 0 Å². The summed E-state index contributed by atoms with van der Waals surface area (Å²) in [4.78, 5) is 0. The fourth-order valence-electron chi connectivity index (χ4n) is 4.33. The fraction of sp³-hybridized carbons (Fsp3) is 0.368. The van der Waals surface area contributed by atoms with Crippen LogP contribution in [0.15, 0.2) is 54.6 Å². The van der Waals surface area contributed by atoms with Crippen LogP contribution in [0, 0.1) is 5.92 Å². The first-order chi connectivity index (χ1) is 9.57. The maximum absolute atomic E-state index is 11.6. The average Bonchev–Trinajstić information content (AvgIpc) is 3.27. The Hall–Kier alpha value is -1.60. The molecule has 2 aromatic rings. The van der Waals surface area contributed by atoms with E-state index in [1.54, 1.807) is 0 Å². The van der Waals surface area contributed by atoms with E-state index in [1.165, 1.54) is 11.1 Å². The zero-order valence-corrected chi connectivity index (χ0v) is 12.0. The Labute approximate surface area is 120 Å². The van der Waals surface area contributed by atoms with Crippen LogP contribution in [0.25, 0.3) is 0 Å². The van der Waals surface area contributed by atoms with Crippen LogP contribution in [0.1, 0.15) is 42.9 Å². The second-order valence-corrected chi connectivity index (χ2v) is 6.79. The zero-order chi connectivity index (χ0) is 14.0. The van der Waals surface area contributed by atoms with Crippen molar-refractivity contribution in [3.8, 4) is 0 Å². The Bertz CT molecular complexity index is 658. The third-order valence-corrected chi connectivity index (χ3v) is 5.53. The molecule has 1 saturated carbocycles. The number of aliphatic hydroxyl groups is 1. The van der Waals surface area contributed by atoms with Gasteiger partial charge in [0.2, 0.25) is 0 Å². The van der Waals surface area contributed by atoms with Gasteiger partial charge in [-0.3, -0.25) is 0 Å². The topological polar surface area (TPSA) is 20.2 Å². The molecule has 0 radical (unpaired) electrons. The summed E-state index contributed by atoms with van der Waals surface area (Å²) in [6.45, 7) is 4.38. The first kappa shape index (κ1) is 12.2. The fourth-order valence-corrected chi connectivity index (χ4v) is 4.33. The normalized spacial score (nSPS) is 33.1. The molecule has 2 aliphatic rings. The van der Waals surface area contributed by atoms with Crippen LogP contribution < -0.4 is 0 Å². The predicted octanol–water partition coefficient (Wildman–Crippen LogP) is 3.97. The summed E-state index contributed by atoms with van der Waals surface area (Å²) >= 11 is 0. The predicted molar refractivity (Wildman–Crippen MR) is 80.7 cm³/mol. The lowest BCUT2D eigenvalue weighted by molar-refractivity contribution is -0.0601. The molecule has 4 rings (SSSR count). The number of benzene rings is 2. The minimum absolute atomic E-state index is 0.261. The molecular weight excluding hydrogens is 244 g/mol. The number of rotatable bonds is 1. The minimum Gasteiger partial charge on any atom is -0.384 e. The van der Waals surface area contributed by atoms with Crippen molar-refractivity contribution in [2.45, 2.75) is 37.2 Å². The molecule has 0 heterocycles. The van der Waals surface area contributed by atoms with E-state index in [1.807, 2.05) is 18.2 Å². The van der Waals surface area contributed by atoms with Gasteiger partial charge in [0, 0.05) is 11.3 Å². The molecule has 0 amide bonds. The van der Waals surface area contributed by atoms with Crippen LogP contribution in [0.5, 0.6) is 0 Å². The van der Waals surface area contributed by atoms with Gasteiger partial charge in [-0.05, 0) is 29.0 Å². The number of hydrogen-bond acceptors (Lipinski definition) is 1. The van der Waals surface area contributed by atoms with Crippen LogP contribution in [-0.2, 0) is 11.0 Å². The number of hydrogen-bond donors (Lipinski definition) is 1. The van der Waals surface area contributed by atoms with Crippen molar-refractivity contribution in [3.63, 3.8) is 0 Å². The Morgan fingerprint density at radius 1 is 0.950 bits per heavy atom. The van der Waals surface area contributed by atoms with Crippen LogP contribution in [0.3, 0.4) is 0 Å². The van der Waals surface area contributed by atoms with Gasteiger partial charge in [0.05, 0.1) is 0 Å². The SMILES string of the molecule is CC1(C)c2ccccc2C2CC2C1(O)c1ccccc1. The molecule has 0 aliphatic heterocycles. The van der Waals surface area contributed by atoms with E-state index in [0.29, 0.717) is 11.8 Å². The summed E-state index contributed by atoms with van der Waals surface area (Å²) in [6, 6.07) is 18.9. The summed E-state index contributed by atoms with van der Waals surface area (Å²) in [5.74, 6) is 0.888. The van der Waals surface area contributed by atoms with Crippen LogP contribution >= 0.6 is 0 Å². The lowest BCUT2D eigenvalue weighted by Gasteiger charge is -2.48. The van der Waals surface area contributed by atoms with E-state index in [9.17, 15) is 5.11 Å². The van der Waals surface area contributed by atoms with Crippen molar-refractivity contribution in [1.82, 2.24) is 0 Å². The molecule has 2 aliphatic carbocycles. The molecule has 0 saturated heterocycles. The lowest BCUT2D eigenvalue weighted by atomic mass is 9.60. The van der Waals surface area contributed by atoms with Gasteiger partial charge < -0.3 is 5.11 Å². The van der Waals surface area contributed by atoms with Gasteiger partial charge in [-0.2, -0.15) is 0 Å². The van der Waals surface area contributed by atoms with E-state index in [0.717, 1.165) is 12.0 Å². The summed E-state index contributed by atoms with van der Waals surface area (Å²) < 4.78 is 0. The lowest BCUT2D eigenvalue weighted by Crippen LogP contribution is -2.49. The molecule has 102 valence electrons. The highest BCUT2D eigenvalue weighted by Crippen LogP contribution is 2.67. The van der Waals surface area contributed by atoms with Gasteiger partial charge in [0.15, 0.2) is 0 Å². The van der Waals surface area contributed by atoms with E-state index in [-0.39, 0.29) is 5.41 Å². The Kier molecular flexibility index (Phi) is 2.27. The highest BCUT2D eigenvalue weighted by molar-refractivity contribution is 5.50. The molecule has 3 unspecified atom stereocenters. The van der Waals surface area contributed by atoms with Gasteiger partial charge in [0.25, 0.3) is 0 Å². The smallest absolute Gasteiger partial charge is 0.102 e. The van der Waals surface area contributed by atoms with Crippen molar-refractivity contribution >= 4 is 0 Å². The maximum Gasteiger partial charge on any atom is 0.102 e. The number of fused-ring (bicyclic) bond motifs is 3. The first-order valence-corrected chi connectivity index (χ1v) is 7.44. The highest BCUT2D eigenvalue weighted by Gasteiger charge is 2.64.